The number of carbonyl (C=O) groups is 1. The van der Waals surface area contributed by atoms with E-state index in [2.05, 4.69) is 13.8 Å². The Morgan fingerprint density at radius 3 is 2.32 bits per heavy atom. The molecule has 0 radical (unpaired) electrons. The van der Waals surface area contributed by atoms with Gasteiger partial charge in [-0.2, -0.15) is 8.42 Å². The molecule has 4 aliphatic rings. The summed E-state index contributed by atoms with van der Waals surface area (Å²) in [5, 5.41) is 11.2. The van der Waals surface area contributed by atoms with Gasteiger partial charge in [0.2, 0.25) is 0 Å². The Morgan fingerprint density at radius 2 is 1.68 bits per heavy atom. The van der Waals surface area contributed by atoms with Crippen LogP contribution in [-0.4, -0.2) is 35.6 Å². The highest BCUT2D eigenvalue weighted by atomic mass is 32.3. The molecule has 0 aromatic carbocycles. The summed E-state index contributed by atoms with van der Waals surface area (Å²) in [4.78, 5) is 12.3. The van der Waals surface area contributed by atoms with Gasteiger partial charge in [-0.15, -0.1) is 0 Å². The van der Waals surface area contributed by atoms with Crippen LogP contribution in [0, 0.1) is 34.5 Å². The standard InChI is InChI=1S/C21H34O6S/c1-13(22)21(23)11-8-18-16-5-4-14-12-15(27-28(24,25)26)6-9-19(14,2)17(16)7-10-20(18,21)3/h14-18,23H,4-12H2,1-3H3,(H,24,25,26)/t14-,15+,16+,17-,18-,19-,20-,21-/m0/s1. The zero-order valence-corrected chi connectivity index (χ0v) is 18.0. The van der Waals surface area contributed by atoms with Crippen LogP contribution in [0.5, 0.6) is 0 Å². The van der Waals surface area contributed by atoms with Gasteiger partial charge in [0, 0.05) is 5.41 Å². The third kappa shape index (κ3) is 2.91. The lowest BCUT2D eigenvalue weighted by atomic mass is 9.44. The van der Waals surface area contributed by atoms with E-state index < -0.39 is 22.1 Å². The fourth-order valence-electron chi connectivity index (χ4n) is 8.07. The molecule has 0 aromatic rings. The summed E-state index contributed by atoms with van der Waals surface area (Å²) >= 11 is 0. The van der Waals surface area contributed by atoms with Gasteiger partial charge in [0.05, 0.1) is 6.10 Å². The van der Waals surface area contributed by atoms with Gasteiger partial charge in [0.1, 0.15) is 5.60 Å². The molecule has 0 aliphatic heterocycles. The Bertz CT molecular complexity index is 765. The van der Waals surface area contributed by atoms with E-state index in [-0.39, 0.29) is 16.6 Å². The zero-order chi connectivity index (χ0) is 20.5. The van der Waals surface area contributed by atoms with Crippen molar-refractivity contribution in [1.29, 1.82) is 0 Å². The lowest BCUT2D eigenvalue weighted by molar-refractivity contribution is -0.170. The summed E-state index contributed by atoms with van der Waals surface area (Å²) in [6.07, 6.45) is 7.29. The number of carbonyl (C=O) groups excluding carboxylic acids is 1. The van der Waals surface area contributed by atoms with Crippen LogP contribution in [0.1, 0.15) is 78.6 Å². The maximum Gasteiger partial charge on any atom is 0.397 e. The quantitative estimate of drug-likeness (QED) is 0.685. The van der Waals surface area contributed by atoms with E-state index in [9.17, 15) is 18.3 Å². The molecule has 8 atom stereocenters. The first-order valence-electron chi connectivity index (χ1n) is 10.8. The maximum atomic E-state index is 12.3. The highest BCUT2D eigenvalue weighted by Gasteiger charge is 2.66. The molecule has 7 heteroatoms. The van der Waals surface area contributed by atoms with Crippen LogP contribution in [-0.2, 0) is 19.4 Å². The topological polar surface area (TPSA) is 101 Å². The predicted molar refractivity (Wildman–Crippen MR) is 104 cm³/mol. The molecule has 0 unspecified atom stereocenters. The van der Waals surface area contributed by atoms with Gasteiger partial charge >= 0.3 is 10.4 Å². The molecule has 4 fully saturated rings. The Balaban J connectivity index is 1.56. The highest BCUT2D eigenvalue weighted by molar-refractivity contribution is 7.80. The summed E-state index contributed by atoms with van der Waals surface area (Å²) in [6.45, 7) is 6.02. The van der Waals surface area contributed by atoms with Crippen LogP contribution >= 0.6 is 0 Å². The van der Waals surface area contributed by atoms with Crippen molar-refractivity contribution < 1.29 is 27.1 Å². The number of rotatable bonds is 3. The first kappa shape index (κ1) is 20.8. The molecule has 0 aromatic heterocycles. The van der Waals surface area contributed by atoms with E-state index in [1.807, 2.05) is 0 Å². The van der Waals surface area contributed by atoms with Gasteiger partial charge in [-0.05, 0) is 93.8 Å². The molecular formula is C21H34O6S. The minimum Gasteiger partial charge on any atom is -0.382 e. The summed E-state index contributed by atoms with van der Waals surface area (Å²) in [5.74, 6) is 1.76. The summed E-state index contributed by atoms with van der Waals surface area (Å²) < 4.78 is 36.2. The molecule has 160 valence electrons. The van der Waals surface area contributed by atoms with Crippen LogP contribution in [0.4, 0.5) is 0 Å². The van der Waals surface area contributed by atoms with Crippen molar-refractivity contribution in [3.8, 4) is 0 Å². The largest absolute Gasteiger partial charge is 0.397 e. The minimum absolute atomic E-state index is 0.0845. The fraction of sp³-hybridized carbons (Fsp3) is 0.952. The van der Waals surface area contributed by atoms with Crippen LogP contribution in [0.3, 0.4) is 0 Å². The monoisotopic (exact) mass is 414 g/mol. The number of hydrogen-bond donors (Lipinski definition) is 2. The molecule has 6 nitrogen and oxygen atoms in total. The average Bonchev–Trinajstić information content (AvgIpc) is 2.87. The molecule has 2 N–H and O–H groups in total. The van der Waals surface area contributed by atoms with E-state index in [0.717, 1.165) is 38.5 Å². The first-order chi connectivity index (χ1) is 12.9. The summed E-state index contributed by atoms with van der Waals surface area (Å²) in [6, 6.07) is 0. The predicted octanol–water partition coefficient (Wildman–Crippen LogP) is 3.54. The van der Waals surface area contributed by atoms with Gasteiger partial charge in [0.25, 0.3) is 0 Å². The van der Waals surface area contributed by atoms with E-state index in [4.69, 9.17) is 8.74 Å². The average molecular weight is 415 g/mol. The number of aliphatic hydroxyl groups is 1. The number of hydrogen-bond acceptors (Lipinski definition) is 5. The summed E-state index contributed by atoms with van der Waals surface area (Å²) in [7, 11) is -4.41. The lowest BCUT2D eigenvalue weighted by Gasteiger charge is -2.61. The maximum absolute atomic E-state index is 12.3. The van der Waals surface area contributed by atoms with Crippen LogP contribution in [0.15, 0.2) is 0 Å². The van der Waals surface area contributed by atoms with Gasteiger partial charge < -0.3 is 5.11 Å². The van der Waals surface area contributed by atoms with E-state index >= 15 is 0 Å². The van der Waals surface area contributed by atoms with Crippen molar-refractivity contribution >= 4 is 16.2 Å². The summed E-state index contributed by atoms with van der Waals surface area (Å²) in [5.41, 5.74) is -1.36. The molecule has 4 aliphatic carbocycles. The Labute approximate surface area is 168 Å². The van der Waals surface area contributed by atoms with Crippen molar-refractivity contribution in [3.05, 3.63) is 0 Å². The van der Waals surface area contributed by atoms with Crippen molar-refractivity contribution in [2.75, 3.05) is 0 Å². The van der Waals surface area contributed by atoms with Gasteiger partial charge in [-0.3, -0.25) is 9.35 Å². The Hall–Kier alpha value is -0.500. The Morgan fingerprint density at radius 1 is 1.00 bits per heavy atom. The second kappa shape index (κ2) is 6.50. The normalized spacial score (nSPS) is 51.1. The number of fused-ring (bicyclic) bond motifs is 5. The van der Waals surface area contributed by atoms with Crippen molar-refractivity contribution in [3.63, 3.8) is 0 Å². The zero-order valence-electron chi connectivity index (χ0n) is 17.2. The molecule has 4 saturated carbocycles. The molecule has 0 saturated heterocycles. The molecular weight excluding hydrogens is 380 g/mol. The molecule has 28 heavy (non-hydrogen) atoms. The molecule has 0 amide bonds. The minimum atomic E-state index is -4.41. The number of ketones is 1. The van der Waals surface area contributed by atoms with Gasteiger partial charge in [0.15, 0.2) is 5.78 Å². The molecule has 0 heterocycles. The lowest BCUT2D eigenvalue weighted by Crippen LogP contribution is -2.58. The third-order valence-electron chi connectivity index (χ3n) is 9.61. The van der Waals surface area contributed by atoms with Crippen molar-refractivity contribution in [2.24, 2.45) is 34.5 Å². The molecule has 0 bridgehead atoms. The van der Waals surface area contributed by atoms with Gasteiger partial charge in [-0.1, -0.05) is 13.8 Å². The van der Waals surface area contributed by atoms with Crippen molar-refractivity contribution in [1.82, 2.24) is 0 Å². The Kier molecular flexibility index (Phi) is 4.82. The second-order valence-corrected chi connectivity index (χ2v) is 11.5. The van der Waals surface area contributed by atoms with E-state index in [0.29, 0.717) is 42.9 Å². The second-order valence-electron chi connectivity index (χ2n) is 10.5. The van der Waals surface area contributed by atoms with Crippen LogP contribution in [0.25, 0.3) is 0 Å². The van der Waals surface area contributed by atoms with E-state index in [1.165, 1.54) is 6.92 Å². The molecule has 0 spiro atoms. The fourth-order valence-corrected chi connectivity index (χ4v) is 8.59. The van der Waals surface area contributed by atoms with Crippen molar-refractivity contribution in [2.45, 2.75) is 90.3 Å². The third-order valence-corrected chi connectivity index (χ3v) is 10.1. The van der Waals surface area contributed by atoms with Crippen LogP contribution in [0.2, 0.25) is 0 Å². The highest BCUT2D eigenvalue weighted by Crippen LogP contribution is 2.68. The number of Topliss-reactive ketones (excluding diaryl/α,β-unsaturated/α-hetero) is 1. The first-order valence-corrected chi connectivity index (χ1v) is 12.2. The van der Waals surface area contributed by atoms with E-state index in [1.54, 1.807) is 0 Å². The SMILES string of the molecule is CC(=O)[C@@]1(O)CC[C@H]2[C@@H]3CC[C@H]4C[C@H](OS(=O)(=O)O)CC[C@]4(C)[C@H]3CC[C@@]21C. The molecule has 4 rings (SSSR count). The van der Waals surface area contributed by atoms with Gasteiger partial charge in [-0.25, -0.2) is 4.18 Å². The smallest absolute Gasteiger partial charge is 0.382 e. The van der Waals surface area contributed by atoms with Crippen LogP contribution < -0.4 is 0 Å².